The first-order chi connectivity index (χ1) is 13.1. The van der Waals surface area contributed by atoms with Gasteiger partial charge in [0.15, 0.2) is 0 Å². The Hall–Kier alpha value is -0.550. The van der Waals surface area contributed by atoms with Crippen LogP contribution in [0.15, 0.2) is 0 Å². The van der Waals surface area contributed by atoms with Gasteiger partial charge in [-0.1, -0.05) is 11.6 Å². The van der Waals surface area contributed by atoms with Gasteiger partial charge in [-0.05, 0) is 39.0 Å². The first-order valence-corrected chi connectivity index (χ1v) is 12.7. The Kier molecular flexibility index (Phi) is 5.40. The third kappa shape index (κ3) is 3.90. The number of nitrogens with one attached hydrogen (secondary N) is 2. The van der Waals surface area contributed by atoms with E-state index in [0.29, 0.717) is 25.9 Å². The highest BCUT2D eigenvalue weighted by Crippen LogP contribution is 2.40. The van der Waals surface area contributed by atoms with Crippen LogP contribution >= 0.6 is 23.4 Å². The number of hydrogen-bond acceptors (Lipinski definition) is 6. The molecule has 0 bridgehead atoms. The molecule has 2 saturated heterocycles. The number of halogens is 1. The van der Waals surface area contributed by atoms with Crippen LogP contribution in [0.2, 0.25) is 0 Å². The van der Waals surface area contributed by atoms with Gasteiger partial charge < -0.3 is 4.90 Å². The van der Waals surface area contributed by atoms with Crippen LogP contribution in [0.3, 0.4) is 0 Å². The standard InChI is InChI=1S/C17H27ClN4O4S2/c1-17(5-6-17)20-28(25,26)11-3-4-13-12(7-11)14(23)21(2)16(24)22(13)9-10-8-19-15(18)27-10/h10-13,15,19-20H,3-9H2,1-2H3. The van der Waals surface area contributed by atoms with Crippen LogP contribution in [0.5, 0.6) is 0 Å². The normalized spacial score (nSPS) is 37.9. The largest absolute Gasteiger partial charge is 0.326 e. The maximum Gasteiger partial charge on any atom is 0.326 e. The Morgan fingerprint density at radius 2 is 2.04 bits per heavy atom. The number of thioether (sulfide) groups is 1. The highest BCUT2D eigenvalue weighted by atomic mass is 35.5. The van der Waals surface area contributed by atoms with Crippen LogP contribution in [0.1, 0.15) is 39.0 Å². The van der Waals surface area contributed by atoms with E-state index in [0.717, 1.165) is 17.7 Å². The summed E-state index contributed by atoms with van der Waals surface area (Å²) in [5, 5.41) is 2.71. The fourth-order valence-corrected chi connectivity index (χ4v) is 7.92. The van der Waals surface area contributed by atoms with Crippen molar-refractivity contribution in [1.29, 1.82) is 0 Å². The number of imide groups is 1. The summed E-state index contributed by atoms with van der Waals surface area (Å²) in [5.74, 6) is -0.743. The Balaban J connectivity index is 1.50. The van der Waals surface area contributed by atoms with Gasteiger partial charge in [-0.25, -0.2) is 17.9 Å². The second kappa shape index (κ2) is 7.30. The molecule has 4 aliphatic rings. The highest BCUT2D eigenvalue weighted by molar-refractivity contribution is 8.01. The third-order valence-corrected chi connectivity index (χ3v) is 10.0. The zero-order valence-electron chi connectivity index (χ0n) is 16.1. The molecule has 2 N–H and O–H groups in total. The van der Waals surface area contributed by atoms with Crippen molar-refractivity contribution in [3.8, 4) is 0 Å². The average Bonchev–Trinajstić information content (AvgIpc) is 3.20. The van der Waals surface area contributed by atoms with E-state index in [4.69, 9.17) is 11.6 Å². The molecule has 3 amide bonds. The molecule has 0 radical (unpaired) electrons. The molecule has 4 fully saturated rings. The molecule has 2 aliphatic heterocycles. The third-order valence-electron chi connectivity index (χ3n) is 6.39. The molecule has 158 valence electrons. The number of rotatable bonds is 5. The van der Waals surface area contributed by atoms with Gasteiger partial charge in [0.1, 0.15) is 4.83 Å². The predicted octanol–water partition coefficient (Wildman–Crippen LogP) is 1.12. The molecule has 5 atom stereocenters. The topological polar surface area (TPSA) is 98.8 Å². The zero-order valence-corrected chi connectivity index (χ0v) is 18.4. The Morgan fingerprint density at radius 3 is 2.64 bits per heavy atom. The van der Waals surface area contributed by atoms with Gasteiger partial charge in [0.2, 0.25) is 15.9 Å². The van der Waals surface area contributed by atoms with Crippen LogP contribution in [0.25, 0.3) is 0 Å². The molecule has 4 rings (SSSR count). The zero-order chi connectivity index (χ0) is 20.3. The summed E-state index contributed by atoms with van der Waals surface area (Å²) < 4.78 is 28.5. The molecule has 0 aromatic heterocycles. The number of nitrogens with zero attached hydrogens (tertiary/aromatic N) is 2. The summed E-state index contributed by atoms with van der Waals surface area (Å²) in [6, 6.07) is -0.538. The van der Waals surface area contributed by atoms with Crippen LogP contribution in [-0.2, 0) is 14.8 Å². The lowest BCUT2D eigenvalue weighted by atomic mass is 9.81. The maximum atomic E-state index is 12.8. The molecule has 2 saturated carbocycles. The number of carbonyl (C=O) groups excluding carboxylic acids is 2. The van der Waals surface area contributed by atoms with Crippen LogP contribution in [-0.4, -0.2) is 77.2 Å². The smallest absolute Gasteiger partial charge is 0.319 e. The van der Waals surface area contributed by atoms with Crippen LogP contribution < -0.4 is 10.0 Å². The van der Waals surface area contributed by atoms with E-state index in [-0.39, 0.29) is 40.0 Å². The number of carbonyl (C=O) groups is 2. The van der Waals surface area contributed by atoms with Crippen molar-refractivity contribution in [3.05, 3.63) is 0 Å². The molecule has 0 aromatic rings. The molecule has 2 aliphatic carbocycles. The van der Waals surface area contributed by atoms with E-state index in [2.05, 4.69) is 10.0 Å². The molecular formula is C17H27ClN4O4S2. The monoisotopic (exact) mass is 450 g/mol. The van der Waals surface area contributed by atoms with Crippen molar-refractivity contribution in [3.63, 3.8) is 0 Å². The summed E-state index contributed by atoms with van der Waals surface area (Å²) in [4.78, 5) is 28.3. The van der Waals surface area contributed by atoms with E-state index >= 15 is 0 Å². The number of sulfonamides is 1. The van der Waals surface area contributed by atoms with Crippen molar-refractivity contribution in [1.82, 2.24) is 19.8 Å². The van der Waals surface area contributed by atoms with Gasteiger partial charge in [0, 0.05) is 37.0 Å². The minimum Gasteiger partial charge on any atom is -0.319 e. The highest BCUT2D eigenvalue weighted by Gasteiger charge is 2.51. The first-order valence-electron chi connectivity index (χ1n) is 9.73. The molecule has 0 aromatic carbocycles. The summed E-state index contributed by atoms with van der Waals surface area (Å²) in [7, 11) is -2.00. The van der Waals surface area contributed by atoms with Gasteiger partial charge in [-0.2, -0.15) is 0 Å². The van der Waals surface area contributed by atoms with E-state index in [9.17, 15) is 18.0 Å². The van der Waals surface area contributed by atoms with E-state index in [1.807, 2.05) is 6.92 Å². The van der Waals surface area contributed by atoms with Gasteiger partial charge >= 0.3 is 6.03 Å². The summed E-state index contributed by atoms with van der Waals surface area (Å²) in [6.45, 7) is 3.12. The molecule has 2 heterocycles. The van der Waals surface area contributed by atoms with Crippen molar-refractivity contribution >= 4 is 45.3 Å². The quantitative estimate of drug-likeness (QED) is 0.481. The Bertz CT molecular complexity index is 775. The van der Waals surface area contributed by atoms with Crippen molar-refractivity contribution < 1.29 is 18.0 Å². The van der Waals surface area contributed by atoms with Crippen LogP contribution in [0, 0.1) is 5.92 Å². The van der Waals surface area contributed by atoms with Gasteiger partial charge in [-0.15, -0.1) is 11.8 Å². The SMILES string of the molecule is CN1C(=O)C2CC(S(=O)(=O)NC3(C)CC3)CCC2N(CC2CNC(Cl)S2)C1=O. The fourth-order valence-electron chi connectivity index (χ4n) is 4.46. The van der Waals surface area contributed by atoms with Crippen molar-refractivity contribution in [2.45, 2.75) is 65.9 Å². The molecule has 0 spiro atoms. The number of hydrogen-bond donors (Lipinski definition) is 2. The fraction of sp³-hybridized carbons (Fsp3) is 0.882. The van der Waals surface area contributed by atoms with Gasteiger partial charge in [0.05, 0.1) is 11.2 Å². The molecule has 8 nitrogen and oxygen atoms in total. The second-order valence-electron chi connectivity index (χ2n) is 8.63. The predicted molar refractivity (Wildman–Crippen MR) is 109 cm³/mol. The van der Waals surface area contributed by atoms with E-state index in [1.165, 1.54) is 7.05 Å². The number of alkyl halides is 1. The number of fused-ring (bicyclic) bond motifs is 1. The molecule has 11 heteroatoms. The first kappa shape index (κ1) is 20.7. The Labute approximate surface area is 175 Å². The molecular weight excluding hydrogens is 424 g/mol. The molecule has 5 unspecified atom stereocenters. The van der Waals surface area contributed by atoms with Crippen molar-refractivity contribution in [2.75, 3.05) is 20.1 Å². The van der Waals surface area contributed by atoms with Gasteiger partial charge in [0.25, 0.3) is 0 Å². The lowest BCUT2D eigenvalue weighted by Crippen LogP contribution is -2.64. The number of amides is 3. The Morgan fingerprint density at radius 1 is 1.32 bits per heavy atom. The lowest BCUT2D eigenvalue weighted by Gasteiger charge is -2.48. The minimum atomic E-state index is -3.49. The summed E-state index contributed by atoms with van der Waals surface area (Å²) in [5.41, 5.74) is -0.324. The van der Waals surface area contributed by atoms with Crippen LogP contribution in [0.4, 0.5) is 4.79 Å². The lowest BCUT2D eigenvalue weighted by molar-refractivity contribution is -0.139. The van der Waals surface area contributed by atoms with Crippen molar-refractivity contribution in [2.24, 2.45) is 5.92 Å². The van der Waals surface area contributed by atoms with E-state index in [1.54, 1.807) is 16.7 Å². The average molecular weight is 451 g/mol. The molecule has 28 heavy (non-hydrogen) atoms. The van der Waals surface area contributed by atoms with Gasteiger partial charge in [-0.3, -0.25) is 15.0 Å². The number of urea groups is 1. The second-order valence-corrected chi connectivity index (χ2v) is 12.7. The summed E-state index contributed by atoms with van der Waals surface area (Å²) >= 11 is 7.66. The summed E-state index contributed by atoms with van der Waals surface area (Å²) in [6.07, 6.45) is 2.94. The maximum absolute atomic E-state index is 12.8. The van der Waals surface area contributed by atoms with E-state index < -0.39 is 21.2 Å². The minimum absolute atomic E-state index is 0.159.